The molecule has 35 heavy (non-hydrogen) atoms. The molecule has 0 aromatic heterocycles. The molecule has 2 aliphatic heterocycles. The van der Waals surface area contributed by atoms with E-state index < -0.39 is 0 Å². The monoisotopic (exact) mass is 475 g/mol. The zero-order valence-corrected chi connectivity index (χ0v) is 20.2. The Morgan fingerprint density at radius 2 is 1.97 bits per heavy atom. The van der Waals surface area contributed by atoms with Crippen LogP contribution in [0.3, 0.4) is 0 Å². The first-order valence-electron chi connectivity index (χ1n) is 12.6. The molecule has 7 heteroatoms. The van der Waals surface area contributed by atoms with Crippen LogP contribution in [0.5, 0.6) is 5.75 Å². The van der Waals surface area contributed by atoms with E-state index in [9.17, 15) is 9.59 Å². The van der Waals surface area contributed by atoms with Gasteiger partial charge < -0.3 is 25.0 Å². The van der Waals surface area contributed by atoms with Gasteiger partial charge in [0, 0.05) is 29.8 Å². The van der Waals surface area contributed by atoms with Crippen molar-refractivity contribution in [1.29, 1.82) is 0 Å². The van der Waals surface area contributed by atoms with Gasteiger partial charge >= 0.3 is 6.09 Å². The Labute approximate surface area is 206 Å². The molecule has 2 aromatic carbocycles. The minimum Gasteiger partial charge on any atom is -0.494 e. The number of nitrogens with zero attached hydrogens (tertiary/aromatic N) is 1. The van der Waals surface area contributed by atoms with Gasteiger partial charge in [-0.1, -0.05) is 24.8 Å². The number of hydrogen-bond acceptors (Lipinski definition) is 5. The Morgan fingerprint density at radius 3 is 2.66 bits per heavy atom. The quantitative estimate of drug-likeness (QED) is 0.537. The average molecular weight is 476 g/mol. The van der Waals surface area contributed by atoms with Crippen molar-refractivity contribution in [3.05, 3.63) is 71.8 Å². The fourth-order valence-electron chi connectivity index (χ4n) is 5.43. The lowest BCUT2D eigenvalue weighted by atomic mass is 9.79. The number of nitrogens with one attached hydrogen (secondary N) is 2. The van der Waals surface area contributed by atoms with Crippen LogP contribution >= 0.6 is 0 Å². The third-order valence-electron chi connectivity index (χ3n) is 7.37. The molecule has 184 valence electrons. The molecular formula is C28H33N3O4. The van der Waals surface area contributed by atoms with Crippen LogP contribution in [-0.2, 0) is 4.74 Å². The minimum absolute atomic E-state index is 0.0232. The van der Waals surface area contributed by atoms with E-state index in [0.29, 0.717) is 18.7 Å². The van der Waals surface area contributed by atoms with Crippen LogP contribution in [-0.4, -0.2) is 42.7 Å². The number of likely N-dealkylation sites (tertiary alicyclic amines) is 1. The summed E-state index contributed by atoms with van der Waals surface area (Å²) in [4.78, 5) is 27.7. The average Bonchev–Trinajstić information content (AvgIpc) is 3.30. The molecule has 2 heterocycles. The summed E-state index contributed by atoms with van der Waals surface area (Å²) in [7, 11) is 0. The zero-order valence-electron chi connectivity index (χ0n) is 20.2. The Morgan fingerprint density at radius 1 is 1.17 bits per heavy atom. The number of benzene rings is 2. The van der Waals surface area contributed by atoms with E-state index in [1.165, 1.54) is 0 Å². The molecule has 5 rings (SSSR count). The van der Waals surface area contributed by atoms with Gasteiger partial charge in [-0.3, -0.25) is 4.79 Å². The number of hydrogen-bond donors (Lipinski definition) is 2. The third kappa shape index (κ3) is 4.59. The predicted octanol–water partition coefficient (Wildman–Crippen LogP) is 5.22. The van der Waals surface area contributed by atoms with E-state index in [1.54, 1.807) is 6.08 Å². The molecule has 1 saturated carbocycles. The van der Waals surface area contributed by atoms with Crippen LogP contribution in [0.4, 0.5) is 10.5 Å². The lowest BCUT2D eigenvalue weighted by Gasteiger charge is -2.40. The number of anilines is 1. The van der Waals surface area contributed by atoms with E-state index in [4.69, 9.17) is 9.47 Å². The SMILES string of the molecule is C=CCOC(=O)N1CC[C@H]2C(c3ccc(OCC)cc3)Nc3ccc(C(=O)NC4CCC4)cc3[C@H]21. The second kappa shape index (κ2) is 10.0. The first kappa shape index (κ1) is 23.3. The van der Waals surface area contributed by atoms with Gasteiger partial charge in [0.1, 0.15) is 12.4 Å². The summed E-state index contributed by atoms with van der Waals surface area (Å²) in [6, 6.07) is 14.0. The van der Waals surface area contributed by atoms with Gasteiger partial charge in [-0.05, 0) is 74.1 Å². The second-order valence-corrected chi connectivity index (χ2v) is 9.48. The van der Waals surface area contributed by atoms with E-state index in [-0.39, 0.29) is 42.7 Å². The third-order valence-corrected chi connectivity index (χ3v) is 7.37. The summed E-state index contributed by atoms with van der Waals surface area (Å²) < 4.78 is 11.0. The van der Waals surface area contributed by atoms with Crippen molar-refractivity contribution in [3.63, 3.8) is 0 Å². The van der Waals surface area contributed by atoms with Crippen LogP contribution in [0.2, 0.25) is 0 Å². The fourth-order valence-corrected chi connectivity index (χ4v) is 5.43. The molecule has 0 spiro atoms. The van der Waals surface area contributed by atoms with Crippen molar-refractivity contribution in [3.8, 4) is 5.75 Å². The molecule has 2 aromatic rings. The molecule has 3 aliphatic rings. The van der Waals surface area contributed by atoms with Gasteiger partial charge in [-0.2, -0.15) is 0 Å². The molecule has 7 nitrogen and oxygen atoms in total. The summed E-state index contributed by atoms with van der Waals surface area (Å²) in [6.45, 7) is 7.01. The van der Waals surface area contributed by atoms with Crippen molar-refractivity contribution >= 4 is 17.7 Å². The van der Waals surface area contributed by atoms with E-state index in [0.717, 1.165) is 48.2 Å². The van der Waals surface area contributed by atoms with Crippen molar-refractivity contribution < 1.29 is 19.1 Å². The molecule has 2 amide bonds. The Hall–Kier alpha value is -3.48. The smallest absolute Gasteiger partial charge is 0.410 e. The van der Waals surface area contributed by atoms with E-state index >= 15 is 0 Å². The number of carbonyl (C=O) groups is 2. The minimum atomic E-state index is -0.347. The van der Waals surface area contributed by atoms with Crippen LogP contribution in [0.25, 0.3) is 0 Å². The summed E-state index contributed by atoms with van der Waals surface area (Å²) >= 11 is 0. The Kier molecular flexibility index (Phi) is 6.66. The van der Waals surface area contributed by atoms with Crippen molar-refractivity contribution in [2.24, 2.45) is 5.92 Å². The van der Waals surface area contributed by atoms with Crippen molar-refractivity contribution in [2.75, 3.05) is 25.1 Å². The summed E-state index contributed by atoms with van der Waals surface area (Å²) in [5.41, 5.74) is 3.67. The van der Waals surface area contributed by atoms with Crippen LogP contribution < -0.4 is 15.4 Å². The first-order valence-corrected chi connectivity index (χ1v) is 12.6. The van der Waals surface area contributed by atoms with Gasteiger partial charge in [0.25, 0.3) is 5.91 Å². The molecular weight excluding hydrogens is 442 g/mol. The zero-order chi connectivity index (χ0) is 24.4. The molecule has 0 bridgehead atoms. The number of rotatable bonds is 7. The standard InChI is InChI=1S/C28H33N3O4/c1-3-16-35-28(33)31-15-14-22-25(18-8-11-21(12-9-18)34-4-2)30-24-13-10-19(17-23(24)26(22)31)27(32)29-20-6-5-7-20/h3,8-13,17,20,22,25-26,30H,1,4-7,14-16H2,2H3,(H,29,32)/t22-,25?,26-/m0/s1. The Balaban J connectivity index is 1.48. The first-order chi connectivity index (χ1) is 17.1. The maximum atomic E-state index is 13.0. The normalized spacial score (nSPS) is 22.8. The van der Waals surface area contributed by atoms with Gasteiger partial charge in [-0.15, -0.1) is 0 Å². The van der Waals surface area contributed by atoms with Crippen LogP contribution in [0.15, 0.2) is 55.1 Å². The summed E-state index contributed by atoms with van der Waals surface area (Å²) in [5.74, 6) is 0.926. The van der Waals surface area contributed by atoms with Crippen molar-refractivity contribution in [2.45, 2.75) is 50.7 Å². The van der Waals surface area contributed by atoms with Gasteiger partial charge in [0.2, 0.25) is 0 Å². The largest absolute Gasteiger partial charge is 0.494 e. The topological polar surface area (TPSA) is 79.9 Å². The second-order valence-electron chi connectivity index (χ2n) is 9.48. The maximum absolute atomic E-state index is 13.0. The molecule has 3 atom stereocenters. The molecule has 1 saturated heterocycles. The van der Waals surface area contributed by atoms with Gasteiger partial charge in [0.15, 0.2) is 0 Å². The van der Waals surface area contributed by atoms with E-state index in [2.05, 4.69) is 29.3 Å². The Bertz CT molecular complexity index is 1100. The predicted molar refractivity (Wildman–Crippen MR) is 135 cm³/mol. The number of carbonyl (C=O) groups excluding carboxylic acids is 2. The highest BCUT2D eigenvalue weighted by Gasteiger charge is 2.47. The highest BCUT2D eigenvalue weighted by molar-refractivity contribution is 5.95. The number of ether oxygens (including phenoxy) is 2. The lowest BCUT2D eigenvalue weighted by Crippen LogP contribution is -2.40. The fraction of sp³-hybridized carbons (Fsp3) is 0.429. The van der Waals surface area contributed by atoms with Crippen molar-refractivity contribution in [1.82, 2.24) is 10.2 Å². The highest BCUT2D eigenvalue weighted by atomic mass is 16.6. The molecule has 2 fully saturated rings. The van der Waals surface area contributed by atoms with Gasteiger partial charge in [-0.25, -0.2) is 4.79 Å². The molecule has 0 radical (unpaired) electrons. The highest BCUT2D eigenvalue weighted by Crippen LogP contribution is 2.51. The molecule has 2 N–H and O–H groups in total. The molecule has 1 aliphatic carbocycles. The molecule has 1 unspecified atom stereocenters. The van der Waals surface area contributed by atoms with Crippen LogP contribution in [0.1, 0.15) is 66.2 Å². The van der Waals surface area contributed by atoms with Gasteiger partial charge in [0.05, 0.1) is 18.7 Å². The lowest BCUT2D eigenvalue weighted by molar-refractivity contribution is 0.0916. The van der Waals surface area contributed by atoms with E-state index in [1.807, 2.05) is 42.2 Å². The maximum Gasteiger partial charge on any atom is 0.410 e. The number of fused-ring (bicyclic) bond motifs is 3. The summed E-state index contributed by atoms with van der Waals surface area (Å²) in [5, 5.41) is 6.82. The number of amides is 2. The summed E-state index contributed by atoms with van der Waals surface area (Å²) in [6.07, 6.45) is 5.30. The van der Waals surface area contributed by atoms with Crippen LogP contribution in [0, 0.1) is 5.92 Å².